The quantitative estimate of drug-likeness (QED) is 0.406. The predicted molar refractivity (Wildman–Crippen MR) is 162 cm³/mol. The minimum absolute atomic E-state index is 0.0550. The van der Waals surface area contributed by atoms with Gasteiger partial charge in [-0.15, -0.1) is 0 Å². The van der Waals surface area contributed by atoms with E-state index in [1.165, 1.54) is 4.90 Å². The second-order valence-electron chi connectivity index (χ2n) is 13.8. The summed E-state index contributed by atoms with van der Waals surface area (Å²) in [5.74, 6) is -3.07. The second kappa shape index (κ2) is 11.8. The normalized spacial score (nSPS) is 22.2. The molecule has 1 aliphatic carbocycles. The van der Waals surface area contributed by atoms with Crippen molar-refractivity contribution < 1.29 is 32.5 Å². The molecule has 1 unspecified atom stereocenters. The largest absolute Gasteiger partial charge is 0.444 e. The number of likely N-dealkylation sites (tertiary alicyclic amines) is 1. The first-order chi connectivity index (χ1) is 21.7. The van der Waals surface area contributed by atoms with Crippen molar-refractivity contribution in [2.45, 2.75) is 77.9 Å². The van der Waals surface area contributed by atoms with E-state index in [-0.39, 0.29) is 30.3 Å². The third-order valence-electron chi connectivity index (χ3n) is 8.94. The number of rotatable bonds is 6. The van der Waals surface area contributed by atoms with E-state index in [1.54, 1.807) is 33.9 Å². The van der Waals surface area contributed by atoms with Gasteiger partial charge in [-0.3, -0.25) is 14.5 Å². The monoisotopic (exact) mass is 639 g/mol. The van der Waals surface area contributed by atoms with Crippen LogP contribution in [0.15, 0.2) is 34.7 Å². The molecule has 3 aliphatic rings. The molecule has 6 rings (SSSR count). The number of halogens is 2. The van der Waals surface area contributed by atoms with Crippen molar-refractivity contribution in [1.29, 1.82) is 0 Å². The average Bonchev–Trinajstić information content (AvgIpc) is 3.71. The SMILES string of the molecule is Cc1nonc1C(=O)NC(c1cn2ccc(C3=C(C(=O)N4CC(F)(F)C4)CN(C(=O)OC(C)(C)C)C3)cc2n1)C1CCC(C)CC1. The highest BCUT2D eigenvalue weighted by molar-refractivity contribution is 6.04. The molecule has 246 valence electrons. The number of carbonyl (C=O) groups is 3. The molecule has 46 heavy (non-hydrogen) atoms. The summed E-state index contributed by atoms with van der Waals surface area (Å²) in [5.41, 5.74) is 2.48. The number of aromatic nitrogens is 4. The Balaban J connectivity index is 1.32. The second-order valence-corrected chi connectivity index (χ2v) is 13.8. The molecule has 1 atom stereocenters. The highest BCUT2D eigenvalue weighted by atomic mass is 19.3. The lowest BCUT2D eigenvalue weighted by atomic mass is 9.78. The van der Waals surface area contributed by atoms with Gasteiger partial charge in [-0.2, -0.15) is 0 Å². The molecular weight excluding hydrogens is 600 g/mol. The Labute approximate surface area is 265 Å². The van der Waals surface area contributed by atoms with Gasteiger partial charge in [0, 0.05) is 18.0 Å². The van der Waals surface area contributed by atoms with E-state index >= 15 is 0 Å². The molecule has 14 heteroatoms. The Morgan fingerprint density at radius 1 is 1.09 bits per heavy atom. The Kier molecular flexibility index (Phi) is 8.09. The van der Waals surface area contributed by atoms with E-state index < -0.39 is 48.6 Å². The summed E-state index contributed by atoms with van der Waals surface area (Å²) in [7, 11) is 0. The number of imidazole rings is 1. The minimum Gasteiger partial charge on any atom is -0.444 e. The zero-order valence-electron chi connectivity index (χ0n) is 26.7. The van der Waals surface area contributed by atoms with Gasteiger partial charge in [-0.05, 0) is 80.8 Å². The van der Waals surface area contributed by atoms with E-state index in [0.717, 1.165) is 30.6 Å². The molecule has 3 aromatic rings. The van der Waals surface area contributed by atoms with E-state index in [1.807, 2.05) is 22.7 Å². The number of pyridine rings is 1. The smallest absolute Gasteiger partial charge is 0.410 e. The maximum absolute atomic E-state index is 13.7. The molecule has 1 saturated carbocycles. The van der Waals surface area contributed by atoms with Gasteiger partial charge in [0.1, 0.15) is 16.9 Å². The Bertz CT molecular complexity index is 1690. The zero-order chi connectivity index (χ0) is 33.0. The first-order valence-electron chi connectivity index (χ1n) is 15.6. The third kappa shape index (κ3) is 6.47. The van der Waals surface area contributed by atoms with Gasteiger partial charge in [0.25, 0.3) is 17.7 Å². The van der Waals surface area contributed by atoms with Crippen molar-refractivity contribution in [3.05, 3.63) is 52.7 Å². The van der Waals surface area contributed by atoms with Gasteiger partial charge in [-0.25, -0.2) is 23.2 Å². The van der Waals surface area contributed by atoms with Crippen LogP contribution in [-0.2, 0) is 9.53 Å². The van der Waals surface area contributed by atoms with E-state index in [4.69, 9.17) is 14.3 Å². The molecule has 2 aliphatic heterocycles. The number of nitrogens with zero attached hydrogens (tertiary/aromatic N) is 6. The van der Waals surface area contributed by atoms with Crippen molar-refractivity contribution in [2.24, 2.45) is 11.8 Å². The lowest BCUT2D eigenvalue weighted by molar-refractivity contribution is -0.161. The predicted octanol–water partition coefficient (Wildman–Crippen LogP) is 4.80. The van der Waals surface area contributed by atoms with Crippen LogP contribution >= 0.6 is 0 Å². The van der Waals surface area contributed by atoms with Gasteiger partial charge in [-0.1, -0.05) is 24.9 Å². The summed E-state index contributed by atoms with van der Waals surface area (Å²) < 4.78 is 39.5. The van der Waals surface area contributed by atoms with E-state index in [9.17, 15) is 23.2 Å². The lowest BCUT2D eigenvalue weighted by Crippen LogP contribution is -2.59. The van der Waals surface area contributed by atoms with Gasteiger partial charge in [0.2, 0.25) is 0 Å². The number of hydrogen-bond donors (Lipinski definition) is 1. The first kappa shape index (κ1) is 31.6. The molecule has 2 fully saturated rings. The van der Waals surface area contributed by atoms with Crippen LogP contribution in [0.4, 0.5) is 13.6 Å². The highest BCUT2D eigenvalue weighted by Crippen LogP contribution is 2.38. The fourth-order valence-corrected chi connectivity index (χ4v) is 6.43. The molecule has 3 amide bonds. The van der Waals surface area contributed by atoms with Crippen LogP contribution in [0.1, 0.15) is 86.9 Å². The topological polar surface area (TPSA) is 135 Å². The Morgan fingerprint density at radius 2 is 1.80 bits per heavy atom. The number of ether oxygens (including phenoxy) is 1. The maximum Gasteiger partial charge on any atom is 0.410 e. The maximum atomic E-state index is 13.7. The molecule has 12 nitrogen and oxygen atoms in total. The fraction of sp³-hybridized carbons (Fsp3) is 0.562. The molecule has 1 saturated heterocycles. The number of nitrogens with one attached hydrogen (secondary N) is 1. The number of amides is 3. The summed E-state index contributed by atoms with van der Waals surface area (Å²) in [6.07, 6.45) is 7.02. The van der Waals surface area contributed by atoms with Crippen molar-refractivity contribution in [3.63, 3.8) is 0 Å². The van der Waals surface area contributed by atoms with Crippen LogP contribution in [0.25, 0.3) is 11.2 Å². The zero-order valence-corrected chi connectivity index (χ0v) is 26.7. The Hall–Kier alpha value is -4.36. The van der Waals surface area contributed by atoms with Crippen LogP contribution in [-0.4, -0.2) is 85.1 Å². The average molecular weight is 640 g/mol. The fourth-order valence-electron chi connectivity index (χ4n) is 6.43. The number of alkyl halides is 2. The van der Waals surface area contributed by atoms with Gasteiger partial charge >= 0.3 is 6.09 Å². The summed E-state index contributed by atoms with van der Waals surface area (Å²) in [5, 5.41) is 10.6. The van der Waals surface area contributed by atoms with Crippen molar-refractivity contribution >= 4 is 29.1 Å². The first-order valence-corrected chi connectivity index (χ1v) is 15.6. The number of carbonyl (C=O) groups excluding carboxylic acids is 3. The lowest BCUT2D eigenvalue weighted by Gasteiger charge is -2.39. The Morgan fingerprint density at radius 3 is 2.43 bits per heavy atom. The molecule has 0 radical (unpaired) electrons. The van der Waals surface area contributed by atoms with Crippen molar-refractivity contribution in [2.75, 3.05) is 26.2 Å². The molecule has 0 spiro atoms. The molecular formula is C32H39F2N7O5. The van der Waals surface area contributed by atoms with Gasteiger partial charge in [0.15, 0.2) is 5.69 Å². The minimum atomic E-state index is -2.92. The summed E-state index contributed by atoms with van der Waals surface area (Å²) in [6, 6.07) is 3.23. The van der Waals surface area contributed by atoms with Crippen LogP contribution in [0.3, 0.4) is 0 Å². The highest BCUT2D eigenvalue weighted by Gasteiger charge is 2.48. The van der Waals surface area contributed by atoms with Crippen LogP contribution in [0, 0.1) is 18.8 Å². The van der Waals surface area contributed by atoms with E-state index in [0.29, 0.717) is 34.1 Å². The number of hydrogen-bond acceptors (Lipinski definition) is 8. The van der Waals surface area contributed by atoms with Crippen LogP contribution in [0.2, 0.25) is 0 Å². The van der Waals surface area contributed by atoms with Gasteiger partial charge in [0.05, 0.1) is 37.9 Å². The molecule has 3 aromatic heterocycles. The molecule has 1 N–H and O–H groups in total. The molecule has 0 aromatic carbocycles. The third-order valence-corrected chi connectivity index (χ3v) is 8.94. The van der Waals surface area contributed by atoms with Crippen LogP contribution < -0.4 is 5.32 Å². The molecule has 0 bridgehead atoms. The summed E-state index contributed by atoms with van der Waals surface area (Å²) in [6.45, 7) is 7.85. The van der Waals surface area contributed by atoms with Crippen molar-refractivity contribution in [3.8, 4) is 0 Å². The van der Waals surface area contributed by atoms with Gasteiger partial charge < -0.3 is 19.4 Å². The standard InChI is InChI=1S/C32H39F2N7O5/c1-18-6-8-20(9-7-18)27(36-28(42)26-19(2)37-46-38-26)24-15-39-11-10-21(12-25(39)35-24)22-13-40(30(44)45-31(3,4)5)14-23(22)29(43)41-16-32(33,34)17-41/h10-12,15,18,20,27H,6-9,13-14,16-17H2,1-5H3,(H,36,42). The molecule has 5 heterocycles. The van der Waals surface area contributed by atoms with Crippen molar-refractivity contribution in [1.82, 2.24) is 34.8 Å². The number of aryl methyl sites for hydroxylation is 1. The van der Waals surface area contributed by atoms with Crippen LogP contribution in [0.5, 0.6) is 0 Å². The van der Waals surface area contributed by atoms with E-state index in [2.05, 4.69) is 22.6 Å². The summed E-state index contributed by atoms with van der Waals surface area (Å²) in [4.78, 5) is 47.0. The number of fused-ring (bicyclic) bond motifs is 1. The summed E-state index contributed by atoms with van der Waals surface area (Å²) >= 11 is 0.